The molecule has 4 aromatic carbocycles. The lowest BCUT2D eigenvalue weighted by molar-refractivity contribution is -0.0470. The van der Waals surface area contributed by atoms with Crippen molar-refractivity contribution in [1.29, 1.82) is 0 Å². The Balaban J connectivity index is 0.000000302. The average molecular weight is 923 g/mol. The number of aromatic nitrogens is 1. The van der Waals surface area contributed by atoms with E-state index in [1.807, 2.05) is 0 Å². The summed E-state index contributed by atoms with van der Waals surface area (Å²) in [6.45, 7) is 9.32. The summed E-state index contributed by atoms with van der Waals surface area (Å²) in [5, 5.41) is 3.87. The van der Waals surface area contributed by atoms with E-state index in [0.29, 0.717) is 17.2 Å². The molecule has 0 spiro atoms. The van der Waals surface area contributed by atoms with Crippen LogP contribution < -0.4 is 24.3 Å². The number of ether oxygens (including phenoxy) is 4. The Morgan fingerprint density at radius 3 is 1.58 bits per heavy atom. The highest BCUT2D eigenvalue weighted by Gasteiger charge is 2.34. The Morgan fingerprint density at radius 1 is 0.710 bits per heavy atom. The number of alkyl halides is 4. The molecule has 5 aromatic rings. The van der Waals surface area contributed by atoms with Crippen LogP contribution in [-0.2, 0) is 31.6 Å². The van der Waals surface area contributed by atoms with Crippen molar-refractivity contribution in [3.63, 3.8) is 0 Å². The molecule has 11 nitrogen and oxygen atoms in total. The van der Waals surface area contributed by atoms with E-state index >= 15 is 0 Å². The number of amides is 1. The molecule has 0 fully saturated rings. The maximum Gasteiger partial charge on any atom is 0.336 e. The van der Waals surface area contributed by atoms with Crippen LogP contribution in [0.2, 0.25) is 0 Å². The largest absolute Gasteiger partial charge is 0.491 e. The van der Waals surface area contributed by atoms with Crippen LogP contribution in [0.4, 0.5) is 22.7 Å². The monoisotopic (exact) mass is 922 g/mol. The molecule has 62 heavy (non-hydrogen) atoms. The molecular weight excluding hydrogens is 875 g/mol. The maximum absolute atomic E-state index is 14.6. The van der Waals surface area contributed by atoms with E-state index in [-0.39, 0.29) is 70.5 Å². The number of rotatable bonds is 21. The van der Waals surface area contributed by atoms with E-state index in [0.717, 1.165) is 11.3 Å². The molecule has 1 aromatic heterocycles. The minimum absolute atomic E-state index is 0.0353. The Bertz CT molecular complexity index is 2260. The van der Waals surface area contributed by atoms with Gasteiger partial charge in [0.05, 0.1) is 37.3 Å². The van der Waals surface area contributed by atoms with Gasteiger partial charge in [-0.1, -0.05) is 60.7 Å². The molecule has 5 rings (SSSR count). The van der Waals surface area contributed by atoms with Gasteiger partial charge in [-0.2, -0.15) is 17.6 Å². The highest BCUT2D eigenvalue weighted by atomic mass is 35.5. The first kappa shape index (κ1) is 49.7. The second-order valence-electron chi connectivity index (χ2n) is 13.9. The van der Waals surface area contributed by atoms with Crippen LogP contribution in [0.1, 0.15) is 79.1 Å². The smallest absolute Gasteiger partial charge is 0.336 e. The number of benzene rings is 4. The van der Waals surface area contributed by atoms with E-state index < -0.39 is 43.8 Å². The second-order valence-corrected chi connectivity index (χ2v) is 17.2. The average Bonchev–Trinajstić information content (AvgIpc) is 3.65. The molecule has 0 aliphatic carbocycles. The van der Waals surface area contributed by atoms with Crippen LogP contribution in [0.25, 0.3) is 0 Å². The van der Waals surface area contributed by atoms with Crippen molar-refractivity contribution < 1.29 is 59.7 Å². The quantitative estimate of drug-likeness (QED) is 0.0431. The molecule has 1 N–H and O–H groups in total. The summed E-state index contributed by atoms with van der Waals surface area (Å²) in [4.78, 5) is 28.7. The normalized spacial score (nSPS) is 11.8. The van der Waals surface area contributed by atoms with Crippen LogP contribution in [0.3, 0.4) is 0 Å². The third kappa shape index (κ3) is 15.7. The van der Waals surface area contributed by atoms with Crippen molar-refractivity contribution in [3.8, 4) is 23.0 Å². The highest BCUT2D eigenvalue weighted by molar-refractivity contribution is 7.53. The zero-order chi connectivity index (χ0) is 45.5. The van der Waals surface area contributed by atoms with Crippen LogP contribution >= 0.6 is 30.5 Å². The Morgan fingerprint density at radius 2 is 1.15 bits per heavy atom. The molecule has 0 saturated carbocycles. The van der Waals surface area contributed by atoms with Gasteiger partial charge >= 0.3 is 19.4 Å². The predicted molar refractivity (Wildman–Crippen MR) is 231 cm³/mol. The van der Waals surface area contributed by atoms with Gasteiger partial charge in [-0.15, -0.1) is 11.3 Å². The molecule has 1 amide bonds. The van der Waals surface area contributed by atoms with Crippen molar-refractivity contribution >= 4 is 46.8 Å². The summed E-state index contributed by atoms with van der Waals surface area (Å²) < 4.78 is 103. The minimum Gasteiger partial charge on any atom is -0.491 e. The molecule has 0 saturated heterocycles. The maximum atomic E-state index is 14.6. The summed E-state index contributed by atoms with van der Waals surface area (Å²) in [7, 11) is -3.35. The van der Waals surface area contributed by atoms with Gasteiger partial charge in [0, 0.05) is 39.8 Å². The third-order valence-corrected chi connectivity index (χ3v) is 11.0. The van der Waals surface area contributed by atoms with Gasteiger partial charge in [0.2, 0.25) is 0 Å². The second kappa shape index (κ2) is 22.9. The number of anilines is 1. The van der Waals surface area contributed by atoms with E-state index in [4.69, 9.17) is 39.6 Å². The molecule has 18 heteroatoms. The Kier molecular flexibility index (Phi) is 18.4. The molecule has 0 aliphatic heterocycles. The first-order valence-electron chi connectivity index (χ1n) is 19.4. The molecule has 1 heterocycles. The van der Waals surface area contributed by atoms with Crippen molar-refractivity contribution in [1.82, 2.24) is 4.98 Å². The van der Waals surface area contributed by atoms with Crippen molar-refractivity contribution in [2.45, 2.75) is 71.8 Å². The third-order valence-electron chi connectivity index (χ3n) is 8.00. The fourth-order valence-electron chi connectivity index (χ4n) is 5.44. The molecule has 0 unspecified atom stereocenters. The van der Waals surface area contributed by atoms with Gasteiger partial charge in [-0.3, -0.25) is 19.5 Å². The molecule has 0 atom stereocenters. The molecule has 0 radical (unpaired) electrons. The van der Waals surface area contributed by atoms with Crippen molar-refractivity contribution in [2.24, 2.45) is 0 Å². The summed E-state index contributed by atoms with van der Waals surface area (Å²) in [6.07, 6.45) is -0.407. The highest BCUT2D eigenvalue weighted by Crippen LogP contribution is 2.51. The summed E-state index contributed by atoms with van der Waals surface area (Å²) in [5.74, 6) is -6.18. The number of carbonyl (C=O) groups excluding carboxylic acids is 2. The van der Waals surface area contributed by atoms with Gasteiger partial charge in [0.15, 0.2) is 18.3 Å². The lowest BCUT2D eigenvalue weighted by atomic mass is 10.1. The zero-order valence-corrected chi connectivity index (χ0v) is 37.3. The molecule has 0 bridgehead atoms. The summed E-state index contributed by atoms with van der Waals surface area (Å²) in [5.41, 5.74) is 0.373. The van der Waals surface area contributed by atoms with Gasteiger partial charge in [-0.05, 0) is 77.4 Å². The van der Waals surface area contributed by atoms with Gasteiger partial charge in [0.1, 0.15) is 23.0 Å². The number of hydrogen-bond acceptors (Lipinski definition) is 11. The van der Waals surface area contributed by atoms with E-state index in [9.17, 15) is 31.7 Å². The number of carbonyl (C=O) groups is 2. The van der Waals surface area contributed by atoms with Crippen molar-refractivity contribution in [3.05, 3.63) is 130 Å². The van der Waals surface area contributed by atoms with Gasteiger partial charge in [-0.25, -0.2) is 4.98 Å². The zero-order valence-electron chi connectivity index (χ0n) is 34.9. The van der Waals surface area contributed by atoms with Crippen LogP contribution in [0, 0.1) is 0 Å². The number of thiazole rings is 1. The fraction of sp³-hybridized carbons (Fsp3) is 0.341. The summed E-state index contributed by atoms with van der Waals surface area (Å²) in [6, 6.07) is 23.2. The van der Waals surface area contributed by atoms with E-state index in [1.54, 1.807) is 59.1 Å². The van der Waals surface area contributed by atoms with Gasteiger partial charge in [0.25, 0.3) is 11.1 Å². The first-order chi connectivity index (χ1) is 29.3. The van der Waals surface area contributed by atoms with E-state index in [1.165, 1.54) is 84.9 Å². The van der Waals surface area contributed by atoms with Crippen LogP contribution in [0.15, 0.2) is 102 Å². The number of halogens is 5. The molecule has 0 aliphatic rings. The number of hydrogen-bond donors (Lipinski definition) is 1. The van der Waals surface area contributed by atoms with E-state index in [2.05, 4.69) is 10.3 Å². The SMILES string of the molecule is CC(C)Oc1cc(OCC(F)(F)c2ccccc2)cc(C(=O)Cl)c1.CCOP(=O)(Cc1csc(NC(=O)c2cc(OCC(F)(F)c3ccccc3)cc(OC(C)C)c2)n1)OCC. The first-order valence-corrected chi connectivity index (χ1v) is 22.4. The lowest BCUT2D eigenvalue weighted by Crippen LogP contribution is -2.23. The predicted octanol–water partition coefficient (Wildman–Crippen LogP) is 12.1. The van der Waals surface area contributed by atoms with Crippen LogP contribution in [-0.4, -0.2) is 54.8 Å². The topological polar surface area (TPSA) is 132 Å². The fourth-order valence-corrected chi connectivity index (χ4v) is 7.98. The van der Waals surface area contributed by atoms with Gasteiger partial charge < -0.3 is 28.0 Å². The Labute approximate surface area is 367 Å². The number of nitrogens with one attached hydrogen (secondary N) is 1. The standard InChI is InChI=1S/C26H31F2N2O6PS.C18H17ClF2O3/c1-5-34-37(32,35-6-2)15-21-16-38-25(29-21)30-24(31)19-12-22(14-23(13-19)36-18(3)4)33-17-26(27,28)20-10-8-7-9-11-20;1-12(2)24-16-9-13(17(19)22)8-15(10-16)23-11-18(20,21)14-6-4-3-5-7-14/h7-14,16,18H,5-6,15,17H2,1-4H3,(H,29,30,31);3-10,12H,11H2,1-2H3. The minimum atomic E-state index is -3.35. The van der Waals surface area contributed by atoms with Crippen molar-refractivity contribution in [2.75, 3.05) is 31.7 Å². The van der Waals surface area contributed by atoms with Crippen LogP contribution in [0.5, 0.6) is 23.0 Å². The lowest BCUT2D eigenvalue weighted by Gasteiger charge is -2.19. The summed E-state index contributed by atoms with van der Waals surface area (Å²) >= 11 is 6.61. The molecule has 334 valence electrons. The number of nitrogens with zero attached hydrogens (tertiary/aromatic N) is 1. The molecular formula is C44H48ClF4N2O9PS. The Hall–Kier alpha value is -4.99.